The molecule has 3 rings (SSSR count). The summed E-state index contributed by atoms with van der Waals surface area (Å²) in [6.07, 6.45) is 2.91. The first-order valence-corrected chi connectivity index (χ1v) is 7.80. The van der Waals surface area contributed by atoms with Gasteiger partial charge >= 0.3 is 0 Å². The molecule has 2 aromatic heterocycles. The highest BCUT2D eigenvalue weighted by Crippen LogP contribution is 2.19. The van der Waals surface area contributed by atoms with E-state index in [0.717, 1.165) is 11.3 Å². The van der Waals surface area contributed by atoms with Gasteiger partial charge in [-0.25, -0.2) is 0 Å². The molecule has 0 aliphatic carbocycles. The monoisotopic (exact) mass is 304 g/mol. The highest BCUT2D eigenvalue weighted by atomic mass is 32.1. The number of nitrogens with one attached hydrogen (secondary N) is 2. The van der Waals surface area contributed by atoms with Gasteiger partial charge in [0, 0.05) is 30.1 Å². The first kappa shape index (κ1) is 13.8. The Kier molecular flexibility index (Phi) is 4.01. The Balaban J connectivity index is 1.47. The maximum Gasteiger partial charge on any atom is 0.242 e. The zero-order valence-electron chi connectivity index (χ0n) is 11.4. The van der Waals surface area contributed by atoms with Crippen LogP contribution in [0.1, 0.15) is 12.8 Å². The van der Waals surface area contributed by atoms with Gasteiger partial charge in [-0.05, 0) is 23.9 Å². The fourth-order valence-corrected chi connectivity index (χ4v) is 2.93. The van der Waals surface area contributed by atoms with Gasteiger partial charge in [0.05, 0.1) is 12.2 Å². The van der Waals surface area contributed by atoms with Crippen LogP contribution in [0.5, 0.6) is 0 Å². The summed E-state index contributed by atoms with van der Waals surface area (Å²) >= 11 is 1.64. The molecule has 21 heavy (non-hydrogen) atoms. The Labute approximate surface area is 126 Å². The Morgan fingerprint density at radius 1 is 1.52 bits per heavy atom. The summed E-state index contributed by atoms with van der Waals surface area (Å²) < 4.78 is 1.81. The third kappa shape index (κ3) is 3.30. The van der Waals surface area contributed by atoms with Crippen LogP contribution in [0, 0.1) is 0 Å². The van der Waals surface area contributed by atoms with E-state index >= 15 is 0 Å². The molecule has 3 heterocycles. The SMILES string of the molecule is O=C1CCC(C(=O)NCCn2ccc(-c3ccsc3)n2)N1. The van der Waals surface area contributed by atoms with Crippen LogP contribution in [-0.4, -0.2) is 34.2 Å². The Morgan fingerprint density at radius 3 is 3.14 bits per heavy atom. The van der Waals surface area contributed by atoms with E-state index in [0.29, 0.717) is 25.9 Å². The summed E-state index contributed by atoms with van der Waals surface area (Å²) in [4.78, 5) is 22.9. The zero-order valence-corrected chi connectivity index (χ0v) is 12.2. The third-order valence-corrected chi connectivity index (χ3v) is 4.09. The number of amides is 2. The van der Waals surface area contributed by atoms with E-state index in [2.05, 4.69) is 21.1 Å². The summed E-state index contributed by atoms with van der Waals surface area (Å²) in [5, 5.41) is 14.0. The fourth-order valence-electron chi connectivity index (χ4n) is 2.28. The Morgan fingerprint density at radius 2 is 2.43 bits per heavy atom. The van der Waals surface area contributed by atoms with Crippen molar-refractivity contribution in [2.45, 2.75) is 25.4 Å². The van der Waals surface area contributed by atoms with E-state index < -0.39 is 0 Å². The quantitative estimate of drug-likeness (QED) is 0.865. The summed E-state index contributed by atoms with van der Waals surface area (Å²) in [5.74, 6) is -0.173. The number of thiophene rings is 1. The van der Waals surface area contributed by atoms with E-state index in [4.69, 9.17) is 0 Å². The maximum absolute atomic E-state index is 11.8. The highest BCUT2D eigenvalue weighted by molar-refractivity contribution is 7.08. The number of aromatic nitrogens is 2. The van der Waals surface area contributed by atoms with Gasteiger partial charge in [0.1, 0.15) is 6.04 Å². The van der Waals surface area contributed by atoms with Crippen molar-refractivity contribution >= 4 is 23.2 Å². The average molecular weight is 304 g/mol. The second-order valence-corrected chi connectivity index (χ2v) is 5.71. The first-order chi connectivity index (χ1) is 10.2. The molecule has 0 spiro atoms. The lowest BCUT2D eigenvalue weighted by atomic mass is 10.2. The van der Waals surface area contributed by atoms with E-state index in [-0.39, 0.29) is 17.9 Å². The van der Waals surface area contributed by atoms with Gasteiger partial charge in [0.15, 0.2) is 0 Å². The minimum atomic E-state index is -0.378. The summed E-state index contributed by atoms with van der Waals surface area (Å²) in [6, 6.07) is 3.61. The maximum atomic E-state index is 11.8. The van der Waals surface area contributed by atoms with Gasteiger partial charge in [0.2, 0.25) is 11.8 Å². The van der Waals surface area contributed by atoms with Crippen LogP contribution in [0.3, 0.4) is 0 Å². The van der Waals surface area contributed by atoms with Gasteiger partial charge in [-0.1, -0.05) is 0 Å². The van der Waals surface area contributed by atoms with Crippen molar-refractivity contribution in [3.63, 3.8) is 0 Å². The van der Waals surface area contributed by atoms with Crippen LogP contribution in [0.2, 0.25) is 0 Å². The fraction of sp³-hybridized carbons (Fsp3) is 0.357. The van der Waals surface area contributed by atoms with Crippen molar-refractivity contribution in [1.82, 2.24) is 20.4 Å². The summed E-state index contributed by atoms with van der Waals surface area (Å²) in [5.41, 5.74) is 2.04. The predicted molar refractivity (Wildman–Crippen MR) is 79.7 cm³/mol. The standard InChI is InChI=1S/C14H16N4O2S/c19-13-2-1-12(16-13)14(20)15-5-7-18-6-3-11(17-18)10-4-8-21-9-10/h3-4,6,8-9,12H,1-2,5,7H2,(H,15,20)(H,16,19). The molecule has 0 saturated carbocycles. The van der Waals surface area contributed by atoms with Crippen molar-refractivity contribution in [3.05, 3.63) is 29.1 Å². The molecule has 2 amide bonds. The van der Waals surface area contributed by atoms with Gasteiger partial charge < -0.3 is 10.6 Å². The van der Waals surface area contributed by atoms with Crippen molar-refractivity contribution in [2.75, 3.05) is 6.54 Å². The number of rotatable bonds is 5. The molecule has 1 aliphatic heterocycles. The molecule has 2 N–H and O–H groups in total. The van der Waals surface area contributed by atoms with Gasteiger partial charge in [-0.15, -0.1) is 0 Å². The average Bonchev–Trinajstić information content (AvgIpc) is 3.19. The molecule has 110 valence electrons. The molecule has 0 aromatic carbocycles. The van der Waals surface area contributed by atoms with Crippen LogP contribution in [-0.2, 0) is 16.1 Å². The number of hydrogen-bond donors (Lipinski definition) is 2. The zero-order chi connectivity index (χ0) is 14.7. The molecule has 1 aliphatic rings. The number of carbonyl (C=O) groups excluding carboxylic acids is 2. The van der Waals surface area contributed by atoms with Crippen LogP contribution < -0.4 is 10.6 Å². The van der Waals surface area contributed by atoms with Crippen LogP contribution in [0.15, 0.2) is 29.1 Å². The molecule has 6 nitrogen and oxygen atoms in total. The molecule has 1 atom stereocenters. The van der Waals surface area contributed by atoms with Crippen LogP contribution >= 0.6 is 11.3 Å². The van der Waals surface area contributed by atoms with Gasteiger partial charge in [-0.2, -0.15) is 16.4 Å². The lowest BCUT2D eigenvalue weighted by Gasteiger charge is -2.10. The molecule has 0 bridgehead atoms. The Hall–Kier alpha value is -2.15. The number of carbonyl (C=O) groups is 2. The summed E-state index contributed by atoms with van der Waals surface area (Å²) in [7, 11) is 0. The lowest BCUT2D eigenvalue weighted by Crippen LogP contribution is -2.42. The molecule has 1 unspecified atom stereocenters. The Bertz CT molecular complexity index is 635. The van der Waals surface area contributed by atoms with Crippen molar-refractivity contribution < 1.29 is 9.59 Å². The van der Waals surface area contributed by atoms with Crippen molar-refractivity contribution in [3.8, 4) is 11.3 Å². The van der Waals surface area contributed by atoms with Crippen molar-refractivity contribution in [2.24, 2.45) is 0 Å². The third-order valence-electron chi connectivity index (χ3n) is 3.41. The van der Waals surface area contributed by atoms with E-state index in [9.17, 15) is 9.59 Å². The smallest absolute Gasteiger partial charge is 0.242 e. The second-order valence-electron chi connectivity index (χ2n) is 4.93. The minimum Gasteiger partial charge on any atom is -0.352 e. The first-order valence-electron chi connectivity index (χ1n) is 6.85. The van der Waals surface area contributed by atoms with Crippen LogP contribution in [0.4, 0.5) is 0 Å². The molecule has 7 heteroatoms. The molecular weight excluding hydrogens is 288 g/mol. The van der Waals surface area contributed by atoms with Crippen LogP contribution in [0.25, 0.3) is 11.3 Å². The second kappa shape index (κ2) is 6.09. The molecule has 1 saturated heterocycles. The predicted octanol–water partition coefficient (Wildman–Crippen LogP) is 1.01. The number of hydrogen-bond acceptors (Lipinski definition) is 4. The lowest BCUT2D eigenvalue weighted by molar-refractivity contribution is -0.125. The van der Waals surface area contributed by atoms with Gasteiger partial charge in [0.25, 0.3) is 0 Å². The number of nitrogens with zero attached hydrogens (tertiary/aromatic N) is 2. The molecular formula is C14H16N4O2S. The minimum absolute atomic E-state index is 0.0531. The molecule has 2 aromatic rings. The largest absolute Gasteiger partial charge is 0.352 e. The normalized spacial score (nSPS) is 17.7. The van der Waals surface area contributed by atoms with Crippen molar-refractivity contribution in [1.29, 1.82) is 0 Å². The molecule has 1 fully saturated rings. The topological polar surface area (TPSA) is 76.0 Å². The van der Waals surface area contributed by atoms with E-state index in [1.807, 2.05) is 23.7 Å². The highest BCUT2D eigenvalue weighted by Gasteiger charge is 2.26. The molecule has 0 radical (unpaired) electrons. The van der Waals surface area contributed by atoms with Gasteiger partial charge in [-0.3, -0.25) is 14.3 Å². The summed E-state index contributed by atoms with van der Waals surface area (Å²) in [6.45, 7) is 1.10. The van der Waals surface area contributed by atoms with E-state index in [1.165, 1.54) is 0 Å². The van der Waals surface area contributed by atoms with E-state index in [1.54, 1.807) is 16.0 Å².